The number of alkyl halides is 3. The Morgan fingerprint density at radius 1 is 1.33 bits per heavy atom. The second kappa shape index (κ2) is 6.09. The predicted octanol–water partition coefficient (Wildman–Crippen LogP) is 3.61. The number of halogens is 3. The van der Waals surface area contributed by atoms with Gasteiger partial charge in [0.05, 0.1) is 13.0 Å². The van der Waals surface area contributed by atoms with E-state index in [1.165, 1.54) is 0 Å². The number of aryl methyl sites for hydroxylation is 1. The van der Waals surface area contributed by atoms with Crippen molar-refractivity contribution in [1.29, 1.82) is 0 Å². The van der Waals surface area contributed by atoms with Crippen LogP contribution in [0.5, 0.6) is 5.75 Å². The first kappa shape index (κ1) is 14.8. The van der Waals surface area contributed by atoms with Gasteiger partial charge >= 0.3 is 6.18 Å². The van der Waals surface area contributed by atoms with E-state index in [4.69, 9.17) is 4.74 Å². The van der Waals surface area contributed by atoms with Gasteiger partial charge < -0.3 is 10.1 Å². The van der Waals surface area contributed by atoms with Crippen LogP contribution in [0.15, 0.2) is 18.2 Å². The summed E-state index contributed by atoms with van der Waals surface area (Å²) in [7, 11) is 1.80. The molecule has 1 rings (SSSR count). The Hall–Kier alpha value is -1.23. The zero-order chi connectivity index (χ0) is 13.8. The van der Waals surface area contributed by atoms with Gasteiger partial charge in [0.1, 0.15) is 5.75 Å². The fourth-order valence-corrected chi connectivity index (χ4v) is 1.56. The maximum Gasteiger partial charge on any atom is 0.392 e. The molecule has 1 atom stereocenters. The largest absolute Gasteiger partial charge is 0.493 e. The molecule has 102 valence electrons. The average Bonchev–Trinajstić information content (AvgIpc) is 2.26. The van der Waals surface area contributed by atoms with E-state index >= 15 is 0 Å². The maximum absolute atomic E-state index is 12.1. The lowest BCUT2D eigenvalue weighted by atomic mass is 10.1. The molecule has 0 heterocycles. The molecule has 0 bridgehead atoms. The molecule has 0 saturated heterocycles. The van der Waals surface area contributed by atoms with E-state index in [1.54, 1.807) is 13.1 Å². The van der Waals surface area contributed by atoms with Crippen molar-refractivity contribution < 1.29 is 17.9 Å². The van der Waals surface area contributed by atoms with Crippen LogP contribution < -0.4 is 10.1 Å². The minimum atomic E-state index is -4.18. The van der Waals surface area contributed by atoms with Crippen LogP contribution >= 0.6 is 0 Å². The zero-order valence-corrected chi connectivity index (χ0v) is 10.8. The summed E-state index contributed by atoms with van der Waals surface area (Å²) in [6, 6.07) is 5.59. The molecule has 0 spiro atoms. The van der Waals surface area contributed by atoms with Crippen LogP contribution in [0.2, 0.25) is 0 Å². The van der Waals surface area contributed by atoms with Crippen molar-refractivity contribution >= 4 is 0 Å². The number of hydrogen-bond acceptors (Lipinski definition) is 2. The second-order valence-electron chi connectivity index (χ2n) is 4.27. The summed E-state index contributed by atoms with van der Waals surface area (Å²) in [5.41, 5.74) is 1.83. The third-order valence-electron chi connectivity index (χ3n) is 2.71. The molecule has 0 radical (unpaired) electrons. The van der Waals surface area contributed by atoms with Gasteiger partial charge in [-0.2, -0.15) is 13.2 Å². The summed E-state index contributed by atoms with van der Waals surface area (Å²) in [4.78, 5) is 0. The molecule has 0 aromatic heterocycles. The van der Waals surface area contributed by atoms with Crippen LogP contribution in [0.3, 0.4) is 0 Å². The third kappa shape index (κ3) is 4.56. The van der Waals surface area contributed by atoms with Crippen LogP contribution in [-0.4, -0.2) is 19.8 Å². The van der Waals surface area contributed by atoms with Crippen LogP contribution in [0, 0.1) is 6.92 Å². The molecule has 0 saturated carbocycles. The highest BCUT2D eigenvalue weighted by Gasteiger charge is 2.27. The molecular weight excluding hydrogens is 243 g/mol. The highest BCUT2D eigenvalue weighted by Crippen LogP contribution is 2.27. The molecule has 2 nitrogen and oxygen atoms in total. The van der Waals surface area contributed by atoms with Crippen LogP contribution in [0.25, 0.3) is 0 Å². The Balaban J connectivity index is 2.76. The van der Waals surface area contributed by atoms with Crippen LogP contribution in [-0.2, 0) is 0 Å². The highest BCUT2D eigenvalue weighted by molar-refractivity contribution is 5.39. The first-order valence-electron chi connectivity index (χ1n) is 5.81. The van der Waals surface area contributed by atoms with E-state index < -0.39 is 12.6 Å². The van der Waals surface area contributed by atoms with Gasteiger partial charge in [-0.05, 0) is 32.5 Å². The van der Waals surface area contributed by atoms with E-state index in [0.717, 1.165) is 11.1 Å². The first-order valence-corrected chi connectivity index (χ1v) is 5.81. The van der Waals surface area contributed by atoms with Gasteiger partial charge in [0.15, 0.2) is 0 Å². The third-order valence-corrected chi connectivity index (χ3v) is 2.71. The molecule has 1 aromatic carbocycles. The summed E-state index contributed by atoms with van der Waals surface area (Å²) >= 11 is 0. The highest BCUT2D eigenvalue weighted by atomic mass is 19.4. The van der Waals surface area contributed by atoms with Gasteiger partial charge in [-0.25, -0.2) is 0 Å². The molecule has 0 aliphatic rings. The second-order valence-corrected chi connectivity index (χ2v) is 4.27. The van der Waals surface area contributed by atoms with Crippen molar-refractivity contribution in [3.63, 3.8) is 0 Å². The van der Waals surface area contributed by atoms with Gasteiger partial charge in [0, 0.05) is 11.6 Å². The van der Waals surface area contributed by atoms with E-state index in [0.29, 0.717) is 5.75 Å². The van der Waals surface area contributed by atoms with Gasteiger partial charge in [-0.15, -0.1) is 0 Å². The lowest BCUT2D eigenvalue weighted by molar-refractivity contribution is -0.139. The van der Waals surface area contributed by atoms with E-state index in [1.807, 2.05) is 26.0 Å². The quantitative estimate of drug-likeness (QED) is 0.874. The van der Waals surface area contributed by atoms with Crippen molar-refractivity contribution in [1.82, 2.24) is 5.32 Å². The molecule has 0 fully saturated rings. The first-order chi connectivity index (χ1) is 8.33. The number of rotatable bonds is 5. The minimum Gasteiger partial charge on any atom is -0.493 e. The summed E-state index contributed by atoms with van der Waals surface area (Å²) < 4.78 is 41.5. The smallest absolute Gasteiger partial charge is 0.392 e. The van der Waals surface area contributed by atoms with Crippen molar-refractivity contribution in [2.24, 2.45) is 0 Å². The van der Waals surface area contributed by atoms with E-state index in [9.17, 15) is 13.2 Å². The normalized spacial score (nSPS) is 13.4. The van der Waals surface area contributed by atoms with Gasteiger partial charge in [0.25, 0.3) is 0 Å². The Labute approximate surface area is 105 Å². The SMILES string of the molecule is CNC(C)c1ccc(C)cc1OCCC(F)(F)F. The summed E-state index contributed by atoms with van der Waals surface area (Å²) in [6.45, 7) is 3.46. The topological polar surface area (TPSA) is 21.3 Å². The van der Waals surface area contributed by atoms with E-state index in [-0.39, 0.29) is 12.6 Å². The van der Waals surface area contributed by atoms with Crippen molar-refractivity contribution in [3.8, 4) is 5.75 Å². The minimum absolute atomic E-state index is 0.0338. The molecule has 0 aliphatic carbocycles. The van der Waals surface area contributed by atoms with Crippen LogP contribution in [0.4, 0.5) is 13.2 Å². The monoisotopic (exact) mass is 261 g/mol. The molecule has 1 N–H and O–H groups in total. The zero-order valence-electron chi connectivity index (χ0n) is 10.8. The lowest BCUT2D eigenvalue weighted by Gasteiger charge is -2.17. The predicted molar refractivity (Wildman–Crippen MR) is 64.8 cm³/mol. The van der Waals surface area contributed by atoms with Gasteiger partial charge in [-0.1, -0.05) is 12.1 Å². The van der Waals surface area contributed by atoms with Crippen molar-refractivity contribution in [2.45, 2.75) is 32.5 Å². The van der Waals surface area contributed by atoms with Gasteiger partial charge in [0.2, 0.25) is 0 Å². The number of ether oxygens (including phenoxy) is 1. The molecular formula is C13H18F3NO. The molecule has 1 unspecified atom stereocenters. The summed E-state index contributed by atoms with van der Waals surface area (Å²) in [5.74, 6) is 0.515. The standard InChI is InChI=1S/C13H18F3NO/c1-9-4-5-11(10(2)17-3)12(8-9)18-7-6-13(14,15)16/h4-5,8,10,17H,6-7H2,1-3H3. The Morgan fingerprint density at radius 3 is 2.56 bits per heavy atom. The molecule has 18 heavy (non-hydrogen) atoms. The molecule has 5 heteroatoms. The van der Waals surface area contributed by atoms with Crippen molar-refractivity contribution in [3.05, 3.63) is 29.3 Å². The summed E-state index contributed by atoms with van der Waals surface area (Å²) in [5, 5.41) is 3.05. The van der Waals surface area contributed by atoms with E-state index in [2.05, 4.69) is 5.32 Å². The number of hydrogen-bond donors (Lipinski definition) is 1. The lowest BCUT2D eigenvalue weighted by Crippen LogP contribution is -2.16. The number of nitrogens with one attached hydrogen (secondary N) is 1. The fourth-order valence-electron chi connectivity index (χ4n) is 1.56. The Kier molecular flexibility index (Phi) is 5.02. The fraction of sp³-hybridized carbons (Fsp3) is 0.538. The van der Waals surface area contributed by atoms with Crippen LogP contribution in [0.1, 0.15) is 30.5 Å². The molecule has 0 amide bonds. The molecule has 1 aromatic rings. The maximum atomic E-state index is 12.1. The summed E-state index contributed by atoms with van der Waals surface area (Å²) in [6.07, 6.45) is -5.12. The van der Waals surface area contributed by atoms with Crippen molar-refractivity contribution in [2.75, 3.05) is 13.7 Å². The number of benzene rings is 1. The average molecular weight is 261 g/mol. The Bertz CT molecular complexity index is 390. The molecule has 0 aliphatic heterocycles. The Morgan fingerprint density at radius 2 is 2.00 bits per heavy atom. The van der Waals surface area contributed by atoms with Gasteiger partial charge in [-0.3, -0.25) is 0 Å².